The predicted octanol–water partition coefficient (Wildman–Crippen LogP) is 3.37. The van der Waals surface area contributed by atoms with Gasteiger partial charge in [0, 0.05) is 24.8 Å². The van der Waals surface area contributed by atoms with E-state index in [1.54, 1.807) is 7.11 Å². The standard InChI is InChI=1S/C18H23N3O2S/c1-21(24-23-20-16-11-15(19)12-16)17-7-3-13(4-8-17)14-5-9-18(22-2)10-6-14/h3-10,15-16,20H,11-12,19H2,1-2H3. The summed E-state index contributed by atoms with van der Waals surface area (Å²) in [7, 11) is 3.65. The number of nitrogens with two attached hydrogens (primary N) is 1. The van der Waals surface area contributed by atoms with Crippen LogP contribution in [0.5, 0.6) is 5.75 Å². The van der Waals surface area contributed by atoms with Crippen molar-refractivity contribution in [2.45, 2.75) is 24.9 Å². The van der Waals surface area contributed by atoms with Gasteiger partial charge in [-0.25, -0.2) is 4.28 Å². The number of rotatable bonds is 7. The molecular formula is C18H23N3O2S. The smallest absolute Gasteiger partial charge is 0.135 e. The maximum atomic E-state index is 5.75. The molecule has 0 amide bonds. The van der Waals surface area contributed by atoms with Crippen LogP contribution < -0.4 is 20.3 Å². The van der Waals surface area contributed by atoms with E-state index >= 15 is 0 Å². The summed E-state index contributed by atoms with van der Waals surface area (Å²) in [4.78, 5) is 0. The zero-order chi connectivity index (χ0) is 16.9. The number of benzene rings is 2. The molecule has 1 aliphatic rings. The highest BCUT2D eigenvalue weighted by molar-refractivity contribution is 7.96. The van der Waals surface area contributed by atoms with Crippen molar-refractivity contribution in [3.63, 3.8) is 0 Å². The molecule has 0 atom stereocenters. The Kier molecular flexibility index (Phi) is 5.63. The van der Waals surface area contributed by atoms with Crippen LogP contribution in [0.4, 0.5) is 5.69 Å². The van der Waals surface area contributed by atoms with Crippen LogP contribution in [0.15, 0.2) is 48.5 Å². The van der Waals surface area contributed by atoms with Crippen molar-refractivity contribution in [1.29, 1.82) is 0 Å². The van der Waals surface area contributed by atoms with Crippen molar-refractivity contribution >= 4 is 17.9 Å². The Hall–Kier alpha value is -1.73. The Bertz CT molecular complexity index is 642. The van der Waals surface area contributed by atoms with E-state index in [2.05, 4.69) is 41.9 Å². The molecular weight excluding hydrogens is 322 g/mol. The van der Waals surface area contributed by atoms with Crippen LogP contribution in [0.3, 0.4) is 0 Å². The third-order valence-electron chi connectivity index (χ3n) is 4.19. The van der Waals surface area contributed by atoms with Gasteiger partial charge in [-0.3, -0.25) is 4.31 Å². The maximum absolute atomic E-state index is 5.75. The molecule has 3 N–H and O–H groups in total. The highest BCUT2D eigenvalue weighted by Crippen LogP contribution is 2.27. The first-order valence-electron chi connectivity index (χ1n) is 7.98. The minimum absolute atomic E-state index is 0.319. The second kappa shape index (κ2) is 7.90. The average Bonchev–Trinajstić information content (AvgIpc) is 2.60. The second-order valence-corrected chi connectivity index (χ2v) is 6.84. The van der Waals surface area contributed by atoms with E-state index in [1.807, 2.05) is 23.5 Å². The van der Waals surface area contributed by atoms with Gasteiger partial charge in [-0.05, 0) is 48.2 Å². The Morgan fingerprint density at radius 1 is 1.04 bits per heavy atom. The highest BCUT2D eigenvalue weighted by atomic mass is 32.2. The number of hydrogen-bond donors (Lipinski definition) is 2. The third kappa shape index (κ3) is 4.21. The van der Waals surface area contributed by atoms with E-state index in [9.17, 15) is 0 Å². The number of ether oxygens (including phenoxy) is 1. The normalized spacial score (nSPS) is 19.6. The minimum atomic E-state index is 0.319. The quantitative estimate of drug-likeness (QED) is 0.456. The van der Waals surface area contributed by atoms with Crippen LogP contribution in [0.2, 0.25) is 0 Å². The topological polar surface area (TPSA) is 59.8 Å². The summed E-state index contributed by atoms with van der Waals surface area (Å²) < 4.78 is 12.6. The van der Waals surface area contributed by atoms with E-state index in [0.29, 0.717) is 12.1 Å². The van der Waals surface area contributed by atoms with Gasteiger partial charge in [-0.15, -0.1) is 0 Å². The molecule has 0 unspecified atom stereocenters. The molecule has 5 nitrogen and oxygen atoms in total. The second-order valence-electron chi connectivity index (χ2n) is 5.98. The molecule has 0 heterocycles. The summed E-state index contributed by atoms with van der Waals surface area (Å²) >= 11 is 1.28. The molecule has 6 heteroatoms. The number of nitrogens with one attached hydrogen (secondary N) is 1. The van der Waals surface area contributed by atoms with Crippen molar-refractivity contribution in [1.82, 2.24) is 5.48 Å². The molecule has 2 aromatic rings. The summed E-state index contributed by atoms with van der Waals surface area (Å²) in [5.74, 6) is 0.864. The predicted molar refractivity (Wildman–Crippen MR) is 99.6 cm³/mol. The molecule has 0 saturated heterocycles. The molecule has 2 aromatic carbocycles. The number of methoxy groups -OCH3 is 1. The Morgan fingerprint density at radius 2 is 1.62 bits per heavy atom. The first kappa shape index (κ1) is 17.1. The van der Waals surface area contributed by atoms with Gasteiger partial charge < -0.3 is 10.5 Å². The molecule has 0 bridgehead atoms. The molecule has 1 saturated carbocycles. The van der Waals surface area contributed by atoms with Crippen molar-refractivity contribution in [2.24, 2.45) is 5.73 Å². The molecule has 0 spiro atoms. The van der Waals surface area contributed by atoms with Crippen molar-refractivity contribution in [3.8, 4) is 16.9 Å². The van der Waals surface area contributed by atoms with Crippen molar-refractivity contribution in [3.05, 3.63) is 48.5 Å². The maximum Gasteiger partial charge on any atom is 0.135 e. The zero-order valence-corrected chi connectivity index (χ0v) is 14.8. The lowest BCUT2D eigenvalue weighted by atomic mass is 9.88. The molecule has 128 valence electrons. The molecule has 0 aliphatic heterocycles. The van der Waals surface area contributed by atoms with Crippen LogP contribution in [0.25, 0.3) is 11.1 Å². The number of hydroxylamine groups is 1. The van der Waals surface area contributed by atoms with Gasteiger partial charge in [0.05, 0.1) is 7.11 Å². The van der Waals surface area contributed by atoms with Gasteiger partial charge in [0.1, 0.15) is 18.0 Å². The van der Waals surface area contributed by atoms with Gasteiger partial charge in [0.25, 0.3) is 0 Å². The monoisotopic (exact) mass is 345 g/mol. The summed E-state index contributed by atoms with van der Waals surface area (Å²) in [6, 6.07) is 17.1. The summed E-state index contributed by atoms with van der Waals surface area (Å²) in [5.41, 5.74) is 12.2. The van der Waals surface area contributed by atoms with Crippen LogP contribution in [0.1, 0.15) is 12.8 Å². The van der Waals surface area contributed by atoms with Gasteiger partial charge in [0.2, 0.25) is 0 Å². The molecule has 24 heavy (non-hydrogen) atoms. The number of nitrogens with zero attached hydrogens (tertiary/aromatic N) is 1. The van der Waals surface area contributed by atoms with E-state index in [-0.39, 0.29) is 0 Å². The van der Waals surface area contributed by atoms with Crippen molar-refractivity contribution < 1.29 is 9.02 Å². The first-order chi connectivity index (χ1) is 11.7. The third-order valence-corrected chi connectivity index (χ3v) is 4.80. The van der Waals surface area contributed by atoms with Crippen LogP contribution in [-0.2, 0) is 4.28 Å². The Morgan fingerprint density at radius 3 is 2.17 bits per heavy atom. The first-order valence-corrected chi connectivity index (χ1v) is 8.68. The number of hydrogen-bond acceptors (Lipinski definition) is 6. The fourth-order valence-electron chi connectivity index (χ4n) is 2.59. The van der Waals surface area contributed by atoms with Gasteiger partial charge in [-0.2, -0.15) is 5.48 Å². The zero-order valence-electron chi connectivity index (χ0n) is 13.9. The van der Waals surface area contributed by atoms with E-state index in [1.165, 1.54) is 17.8 Å². The minimum Gasteiger partial charge on any atom is -0.497 e. The summed E-state index contributed by atoms with van der Waals surface area (Å²) in [5, 5.41) is 0. The fraction of sp³-hybridized carbons (Fsp3) is 0.333. The van der Waals surface area contributed by atoms with E-state index < -0.39 is 0 Å². The van der Waals surface area contributed by atoms with Gasteiger partial charge >= 0.3 is 0 Å². The summed E-state index contributed by atoms with van der Waals surface area (Å²) in [6.07, 6.45) is 1.95. The lowest BCUT2D eigenvalue weighted by molar-refractivity contribution is 0.127. The largest absolute Gasteiger partial charge is 0.497 e. The highest BCUT2D eigenvalue weighted by Gasteiger charge is 2.26. The molecule has 1 aliphatic carbocycles. The van der Waals surface area contributed by atoms with Crippen LogP contribution in [0, 0.1) is 0 Å². The summed E-state index contributed by atoms with van der Waals surface area (Å²) in [6.45, 7) is 0. The Balaban J connectivity index is 1.52. The van der Waals surface area contributed by atoms with Gasteiger partial charge in [0.15, 0.2) is 0 Å². The van der Waals surface area contributed by atoms with Crippen molar-refractivity contribution in [2.75, 3.05) is 18.5 Å². The lowest BCUT2D eigenvalue weighted by Crippen LogP contribution is -2.47. The fourth-order valence-corrected chi connectivity index (χ4v) is 3.09. The van der Waals surface area contributed by atoms with E-state index in [0.717, 1.165) is 29.8 Å². The molecule has 0 radical (unpaired) electrons. The Labute approximate surface area is 147 Å². The lowest BCUT2D eigenvalue weighted by Gasteiger charge is -2.32. The molecule has 1 fully saturated rings. The average molecular weight is 345 g/mol. The SMILES string of the molecule is COc1ccc(-c2ccc(N(C)SONC3CC(N)C3)cc2)cc1. The van der Waals surface area contributed by atoms with E-state index in [4.69, 9.17) is 14.8 Å². The van der Waals surface area contributed by atoms with Crippen LogP contribution in [-0.4, -0.2) is 26.2 Å². The number of anilines is 1. The molecule has 0 aromatic heterocycles. The van der Waals surface area contributed by atoms with Crippen LogP contribution >= 0.6 is 12.2 Å². The van der Waals surface area contributed by atoms with Gasteiger partial charge in [-0.1, -0.05) is 24.3 Å². The molecule has 3 rings (SSSR count).